The molecule has 0 unspecified atom stereocenters. The van der Waals surface area contributed by atoms with E-state index in [0.29, 0.717) is 11.3 Å². The lowest BCUT2D eigenvalue weighted by Crippen LogP contribution is -2.47. The Balaban J connectivity index is 3.01. The van der Waals surface area contributed by atoms with Crippen molar-refractivity contribution in [3.05, 3.63) is 29.3 Å². The number of aliphatic hydroxyl groups is 1. The van der Waals surface area contributed by atoms with E-state index in [1.807, 2.05) is 20.8 Å². The topological polar surface area (TPSA) is 66.6 Å². The largest absolute Gasteiger partial charge is 0.399 e. The predicted molar refractivity (Wildman–Crippen MR) is 68.8 cm³/mol. The molecule has 0 aromatic heterocycles. The van der Waals surface area contributed by atoms with Gasteiger partial charge in [-0.05, 0) is 44.5 Å². The van der Waals surface area contributed by atoms with Gasteiger partial charge in [0.25, 0.3) is 5.91 Å². The quantitative estimate of drug-likeness (QED) is 0.780. The molecule has 1 aromatic rings. The van der Waals surface area contributed by atoms with Crippen molar-refractivity contribution in [2.75, 3.05) is 19.4 Å². The molecular formula is C13H20N2O2. The molecule has 1 amide bonds. The minimum atomic E-state index is -0.577. The molecule has 3 N–H and O–H groups in total. The van der Waals surface area contributed by atoms with Crippen LogP contribution in [-0.4, -0.2) is 35.1 Å². The van der Waals surface area contributed by atoms with Crippen molar-refractivity contribution in [1.29, 1.82) is 0 Å². The van der Waals surface area contributed by atoms with Crippen LogP contribution in [0.2, 0.25) is 0 Å². The molecule has 0 heterocycles. The van der Waals surface area contributed by atoms with Gasteiger partial charge >= 0.3 is 0 Å². The third kappa shape index (κ3) is 2.77. The average molecular weight is 236 g/mol. The number of hydrogen-bond donors (Lipinski definition) is 2. The summed E-state index contributed by atoms with van der Waals surface area (Å²) in [5.74, 6) is -0.118. The minimum Gasteiger partial charge on any atom is -0.399 e. The van der Waals surface area contributed by atoms with Crippen molar-refractivity contribution in [2.24, 2.45) is 0 Å². The lowest BCUT2D eigenvalue weighted by Gasteiger charge is -2.34. The van der Waals surface area contributed by atoms with Crippen molar-refractivity contribution in [3.63, 3.8) is 0 Å². The average Bonchev–Trinajstić information content (AvgIpc) is 2.30. The highest BCUT2D eigenvalue weighted by molar-refractivity contribution is 5.95. The number of nitrogens with two attached hydrogens (primary N) is 1. The van der Waals surface area contributed by atoms with Crippen LogP contribution in [0.5, 0.6) is 0 Å². The summed E-state index contributed by atoms with van der Waals surface area (Å²) in [7, 11) is 1.68. The molecule has 0 fully saturated rings. The summed E-state index contributed by atoms with van der Waals surface area (Å²) < 4.78 is 0. The number of amides is 1. The maximum atomic E-state index is 12.2. The van der Waals surface area contributed by atoms with Gasteiger partial charge in [0.1, 0.15) is 0 Å². The van der Waals surface area contributed by atoms with Gasteiger partial charge in [-0.1, -0.05) is 0 Å². The monoisotopic (exact) mass is 236 g/mol. The first-order chi connectivity index (χ1) is 7.79. The summed E-state index contributed by atoms with van der Waals surface area (Å²) in [6, 6.07) is 5.19. The van der Waals surface area contributed by atoms with Gasteiger partial charge in [0.05, 0.1) is 12.1 Å². The molecule has 0 aliphatic heterocycles. The molecule has 0 aliphatic carbocycles. The highest BCUT2D eigenvalue weighted by Crippen LogP contribution is 2.18. The SMILES string of the molecule is Cc1cc(C(=O)N(C)C(C)(C)CO)ccc1N. The van der Waals surface area contributed by atoms with E-state index in [0.717, 1.165) is 5.56 Å². The molecule has 4 heteroatoms. The smallest absolute Gasteiger partial charge is 0.254 e. The van der Waals surface area contributed by atoms with Gasteiger partial charge < -0.3 is 15.7 Å². The van der Waals surface area contributed by atoms with Crippen molar-refractivity contribution < 1.29 is 9.90 Å². The van der Waals surface area contributed by atoms with Crippen molar-refractivity contribution in [1.82, 2.24) is 4.90 Å². The molecule has 0 saturated carbocycles. The summed E-state index contributed by atoms with van der Waals surface area (Å²) in [5.41, 5.74) is 7.27. The van der Waals surface area contributed by atoms with Gasteiger partial charge in [-0.3, -0.25) is 4.79 Å². The van der Waals surface area contributed by atoms with E-state index in [9.17, 15) is 9.90 Å². The summed E-state index contributed by atoms with van der Waals surface area (Å²) >= 11 is 0. The number of anilines is 1. The van der Waals surface area contributed by atoms with E-state index in [4.69, 9.17) is 5.73 Å². The number of benzene rings is 1. The first kappa shape index (κ1) is 13.5. The summed E-state index contributed by atoms with van der Waals surface area (Å²) in [6.07, 6.45) is 0. The van der Waals surface area contributed by atoms with Crippen LogP contribution in [0.4, 0.5) is 5.69 Å². The lowest BCUT2D eigenvalue weighted by molar-refractivity contribution is 0.0473. The number of carbonyl (C=O) groups excluding carboxylic acids is 1. The van der Waals surface area contributed by atoms with Gasteiger partial charge in [-0.2, -0.15) is 0 Å². The molecule has 0 spiro atoms. The van der Waals surface area contributed by atoms with E-state index < -0.39 is 5.54 Å². The van der Waals surface area contributed by atoms with Crippen LogP contribution in [0, 0.1) is 6.92 Å². The van der Waals surface area contributed by atoms with E-state index >= 15 is 0 Å². The highest BCUT2D eigenvalue weighted by Gasteiger charge is 2.27. The second-order valence-corrected chi connectivity index (χ2v) is 4.91. The van der Waals surface area contributed by atoms with Crippen LogP contribution in [0.3, 0.4) is 0 Å². The van der Waals surface area contributed by atoms with Crippen LogP contribution in [0.1, 0.15) is 29.8 Å². The van der Waals surface area contributed by atoms with Crippen LogP contribution in [-0.2, 0) is 0 Å². The van der Waals surface area contributed by atoms with Gasteiger partial charge in [0.15, 0.2) is 0 Å². The zero-order valence-electron chi connectivity index (χ0n) is 10.8. The number of likely N-dealkylation sites (N-methyl/N-ethyl adjacent to an activating group) is 1. The molecule has 0 saturated heterocycles. The molecule has 17 heavy (non-hydrogen) atoms. The van der Waals surface area contributed by atoms with Gasteiger partial charge in [0.2, 0.25) is 0 Å². The standard InChI is InChI=1S/C13H20N2O2/c1-9-7-10(5-6-11(9)14)12(17)15(4)13(2,3)8-16/h5-7,16H,8,14H2,1-4H3. The van der Waals surface area contributed by atoms with Gasteiger partial charge in [0, 0.05) is 18.3 Å². The fourth-order valence-corrected chi connectivity index (χ4v) is 1.38. The Morgan fingerprint density at radius 3 is 2.53 bits per heavy atom. The molecule has 1 aromatic carbocycles. The first-order valence-electron chi connectivity index (χ1n) is 5.55. The van der Waals surface area contributed by atoms with E-state index in [1.54, 1.807) is 25.2 Å². The summed E-state index contributed by atoms with van der Waals surface area (Å²) in [6.45, 7) is 5.41. The Morgan fingerprint density at radius 2 is 2.06 bits per heavy atom. The third-order valence-electron chi connectivity index (χ3n) is 3.12. The molecule has 0 atom stereocenters. The number of carbonyl (C=O) groups is 1. The van der Waals surface area contributed by atoms with E-state index in [-0.39, 0.29) is 12.5 Å². The van der Waals surface area contributed by atoms with Crippen LogP contribution in [0.15, 0.2) is 18.2 Å². The molecule has 0 radical (unpaired) electrons. The van der Waals surface area contributed by atoms with Gasteiger partial charge in [-0.25, -0.2) is 0 Å². The number of rotatable bonds is 3. The maximum Gasteiger partial charge on any atom is 0.254 e. The van der Waals surface area contributed by atoms with Crippen molar-refractivity contribution in [3.8, 4) is 0 Å². The number of aliphatic hydroxyl groups excluding tert-OH is 1. The Labute approximate surface area is 102 Å². The second kappa shape index (κ2) is 4.75. The second-order valence-electron chi connectivity index (χ2n) is 4.91. The number of aryl methyl sites for hydroxylation is 1. The Bertz CT molecular complexity index is 427. The van der Waals surface area contributed by atoms with Crippen molar-refractivity contribution >= 4 is 11.6 Å². The normalized spacial score (nSPS) is 11.4. The first-order valence-corrected chi connectivity index (χ1v) is 5.55. The molecule has 4 nitrogen and oxygen atoms in total. The zero-order chi connectivity index (χ0) is 13.2. The fraction of sp³-hybridized carbons (Fsp3) is 0.462. The zero-order valence-corrected chi connectivity index (χ0v) is 10.8. The Morgan fingerprint density at radius 1 is 1.47 bits per heavy atom. The summed E-state index contributed by atoms with van der Waals surface area (Å²) in [5, 5.41) is 9.25. The van der Waals surface area contributed by atoms with Crippen LogP contribution >= 0.6 is 0 Å². The predicted octanol–water partition coefficient (Wildman–Crippen LogP) is 1.42. The molecule has 1 rings (SSSR count). The van der Waals surface area contributed by atoms with E-state index in [2.05, 4.69) is 0 Å². The van der Waals surface area contributed by atoms with Crippen LogP contribution < -0.4 is 5.73 Å². The Kier molecular flexibility index (Phi) is 3.78. The third-order valence-corrected chi connectivity index (χ3v) is 3.12. The summed E-state index contributed by atoms with van der Waals surface area (Å²) in [4.78, 5) is 13.7. The van der Waals surface area contributed by atoms with Gasteiger partial charge in [-0.15, -0.1) is 0 Å². The lowest BCUT2D eigenvalue weighted by atomic mass is 10.0. The fourth-order valence-electron chi connectivity index (χ4n) is 1.38. The number of nitrogen functional groups attached to an aromatic ring is 1. The Hall–Kier alpha value is -1.55. The molecular weight excluding hydrogens is 216 g/mol. The molecule has 94 valence electrons. The minimum absolute atomic E-state index is 0.0802. The maximum absolute atomic E-state index is 12.2. The van der Waals surface area contributed by atoms with E-state index in [1.165, 1.54) is 4.90 Å². The highest BCUT2D eigenvalue weighted by atomic mass is 16.3. The molecule has 0 aliphatic rings. The number of hydrogen-bond acceptors (Lipinski definition) is 3. The number of nitrogens with zero attached hydrogens (tertiary/aromatic N) is 1. The van der Waals surface area contributed by atoms with Crippen LogP contribution in [0.25, 0.3) is 0 Å². The molecule has 0 bridgehead atoms. The van der Waals surface area contributed by atoms with Crippen molar-refractivity contribution in [2.45, 2.75) is 26.3 Å².